The summed E-state index contributed by atoms with van der Waals surface area (Å²) < 4.78 is 23.4. The predicted molar refractivity (Wildman–Crippen MR) is 60.8 cm³/mol. The van der Waals surface area contributed by atoms with Gasteiger partial charge in [-0.2, -0.15) is 0 Å². The second-order valence-electron chi connectivity index (χ2n) is 3.35. The van der Waals surface area contributed by atoms with E-state index in [2.05, 4.69) is 0 Å². The molecule has 1 rings (SSSR count). The SMILES string of the molecule is Nc1c(CCO)cccc1S(=O)(=O)CCO. The molecular weight excluding hydrogens is 230 g/mol. The number of rotatable bonds is 5. The summed E-state index contributed by atoms with van der Waals surface area (Å²) in [5.41, 5.74) is 6.47. The Bertz CT molecular complexity index is 456. The Hall–Kier alpha value is -1.11. The molecule has 0 spiro atoms. The lowest BCUT2D eigenvalue weighted by Gasteiger charge is -2.10. The van der Waals surface area contributed by atoms with Crippen molar-refractivity contribution >= 4 is 15.5 Å². The topological polar surface area (TPSA) is 101 Å². The minimum absolute atomic E-state index is 0.0208. The van der Waals surface area contributed by atoms with Crippen LogP contribution in [-0.2, 0) is 16.3 Å². The number of aliphatic hydroxyl groups excluding tert-OH is 2. The zero-order valence-corrected chi connectivity index (χ0v) is 9.57. The van der Waals surface area contributed by atoms with Crippen LogP contribution >= 0.6 is 0 Å². The van der Waals surface area contributed by atoms with E-state index in [0.717, 1.165) is 0 Å². The molecule has 0 saturated carbocycles. The van der Waals surface area contributed by atoms with Gasteiger partial charge in [0.25, 0.3) is 0 Å². The summed E-state index contributed by atoms with van der Waals surface area (Å²) in [7, 11) is -3.54. The second-order valence-corrected chi connectivity index (χ2v) is 5.42. The number of nitrogens with two attached hydrogens (primary N) is 1. The molecule has 0 atom stereocenters. The van der Waals surface area contributed by atoms with Crippen LogP contribution < -0.4 is 5.73 Å². The van der Waals surface area contributed by atoms with Crippen molar-refractivity contribution in [2.75, 3.05) is 24.7 Å². The minimum Gasteiger partial charge on any atom is -0.397 e. The Kier molecular flexibility index (Phi) is 4.28. The van der Waals surface area contributed by atoms with Crippen molar-refractivity contribution in [1.29, 1.82) is 0 Å². The maximum Gasteiger partial charge on any atom is 0.182 e. The molecule has 16 heavy (non-hydrogen) atoms. The highest BCUT2D eigenvalue weighted by molar-refractivity contribution is 7.91. The molecule has 0 aliphatic heterocycles. The highest BCUT2D eigenvalue weighted by Crippen LogP contribution is 2.23. The van der Waals surface area contributed by atoms with Crippen molar-refractivity contribution in [1.82, 2.24) is 0 Å². The van der Waals surface area contributed by atoms with Crippen molar-refractivity contribution in [2.45, 2.75) is 11.3 Å². The van der Waals surface area contributed by atoms with Gasteiger partial charge in [-0.3, -0.25) is 0 Å². The Morgan fingerprint density at radius 2 is 1.88 bits per heavy atom. The maximum absolute atomic E-state index is 11.7. The van der Waals surface area contributed by atoms with Crippen molar-refractivity contribution in [2.24, 2.45) is 0 Å². The fraction of sp³-hybridized carbons (Fsp3) is 0.400. The molecule has 1 aromatic carbocycles. The molecule has 90 valence electrons. The van der Waals surface area contributed by atoms with Gasteiger partial charge in [0.1, 0.15) is 0 Å². The van der Waals surface area contributed by atoms with Gasteiger partial charge in [-0.25, -0.2) is 8.42 Å². The zero-order valence-electron chi connectivity index (χ0n) is 8.76. The second kappa shape index (κ2) is 5.29. The van der Waals surface area contributed by atoms with Crippen LogP contribution in [0.15, 0.2) is 23.1 Å². The zero-order chi connectivity index (χ0) is 12.2. The summed E-state index contributed by atoms with van der Waals surface area (Å²) in [5, 5.41) is 17.5. The molecule has 0 aliphatic rings. The Labute approximate surface area is 94.4 Å². The summed E-state index contributed by atoms with van der Waals surface area (Å²) in [4.78, 5) is 0.0208. The van der Waals surface area contributed by atoms with Crippen LogP contribution in [0.5, 0.6) is 0 Å². The van der Waals surface area contributed by atoms with E-state index in [0.29, 0.717) is 12.0 Å². The maximum atomic E-state index is 11.7. The third-order valence-corrected chi connectivity index (χ3v) is 3.98. The van der Waals surface area contributed by atoms with Crippen molar-refractivity contribution < 1.29 is 18.6 Å². The van der Waals surface area contributed by atoms with Crippen LogP contribution in [0.2, 0.25) is 0 Å². The molecule has 0 radical (unpaired) electrons. The van der Waals surface area contributed by atoms with Crippen LogP contribution in [0.3, 0.4) is 0 Å². The van der Waals surface area contributed by atoms with Gasteiger partial charge < -0.3 is 15.9 Å². The Morgan fingerprint density at radius 1 is 1.19 bits per heavy atom. The molecule has 0 heterocycles. The predicted octanol–water partition coefficient (Wildman–Crippen LogP) is -0.430. The monoisotopic (exact) mass is 245 g/mol. The van der Waals surface area contributed by atoms with Crippen LogP contribution in [0.25, 0.3) is 0 Å². The number of aliphatic hydroxyl groups is 2. The lowest BCUT2D eigenvalue weighted by atomic mass is 10.1. The largest absolute Gasteiger partial charge is 0.397 e. The number of sulfone groups is 1. The molecule has 0 bridgehead atoms. The molecule has 1 aromatic rings. The first kappa shape index (κ1) is 13.0. The molecule has 0 amide bonds. The normalized spacial score (nSPS) is 11.6. The molecule has 0 fully saturated rings. The van der Waals surface area contributed by atoms with Gasteiger partial charge in [0.2, 0.25) is 0 Å². The molecule has 0 aromatic heterocycles. The molecule has 6 heteroatoms. The first-order chi connectivity index (χ1) is 7.53. The highest BCUT2D eigenvalue weighted by Gasteiger charge is 2.18. The Balaban J connectivity index is 3.20. The van der Waals surface area contributed by atoms with Crippen LogP contribution in [0.4, 0.5) is 5.69 Å². The van der Waals surface area contributed by atoms with E-state index in [4.69, 9.17) is 15.9 Å². The fourth-order valence-electron chi connectivity index (χ4n) is 1.43. The van der Waals surface area contributed by atoms with E-state index in [1.807, 2.05) is 0 Å². The van der Waals surface area contributed by atoms with E-state index in [1.54, 1.807) is 12.1 Å². The minimum atomic E-state index is -3.54. The van der Waals surface area contributed by atoms with E-state index >= 15 is 0 Å². The van der Waals surface area contributed by atoms with Crippen molar-refractivity contribution in [3.05, 3.63) is 23.8 Å². The Morgan fingerprint density at radius 3 is 2.44 bits per heavy atom. The summed E-state index contributed by atoms with van der Waals surface area (Å²) in [6.45, 7) is -0.528. The van der Waals surface area contributed by atoms with E-state index in [-0.39, 0.29) is 22.9 Å². The lowest BCUT2D eigenvalue weighted by Crippen LogP contribution is -2.13. The molecule has 4 N–H and O–H groups in total. The summed E-state index contributed by atoms with van der Waals surface area (Å²) in [5.74, 6) is -0.347. The van der Waals surface area contributed by atoms with Gasteiger partial charge in [0.05, 0.1) is 22.9 Å². The van der Waals surface area contributed by atoms with E-state index in [1.165, 1.54) is 6.07 Å². The average molecular weight is 245 g/mol. The summed E-state index contributed by atoms with van der Waals surface area (Å²) in [6.07, 6.45) is 0.314. The van der Waals surface area contributed by atoms with Crippen LogP contribution in [0.1, 0.15) is 5.56 Å². The quantitative estimate of drug-likeness (QED) is 0.611. The van der Waals surface area contributed by atoms with Crippen LogP contribution in [0, 0.1) is 0 Å². The third kappa shape index (κ3) is 2.72. The van der Waals surface area contributed by atoms with Gasteiger partial charge in [-0.15, -0.1) is 0 Å². The standard InChI is InChI=1S/C10H15NO4S/c11-10-8(4-5-12)2-1-3-9(10)16(14,15)7-6-13/h1-3,12-13H,4-7,11H2. The molecule has 5 nitrogen and oxygen atoms in total. The smallest absolute Gasteiger partial charge is 0.182 e. The molecule has 0 saturated heterocycles. The number of benzene rings is 1. The van der Waals surface area contributed by atoms with Crippen molar-refractivity contribution in [3.8, 4) is 0 Å². The van der Waals surface area contributed by atoms with Gasteiger partial charge in [-0.05, 0) is 18.1 Å². The fourth-order valence-corrected chi connectivity index (χ4v) is 2.64. The number of hydrogen-bond acceptors (Lipinski definition) is 5. The van der Waals surface area contributed by atoms with E-state index < -0.39 is 16.4 Å². The average Bonchev–Trinajstić information content (AvgIpc) is 2.21. The summed E-state index contributed by atoms with van der Waals surface area (Å²) >= 11 is 0. The number of para-hydroxylation sites is 1. The van der Waals surface area contributed by atoms with Gasteiger partial charge in [-0.1, -0.05) is 12.1 Å². The van der Waals surface area contributed by atoms with E-state index in [9.17, 15) is 8.42 Å². The van der Waals surface area contributed by atoms with Crippen LogP contribution in [-0.4, -0.2) is 37.6 Å². The van der Waals surface area contributed by atoms with Gasteiger partial charge in [0.15, 0.2) is 9.84 Å². The van der Waals surface area contributed by atoms with Gasteiger partial charge >= 0.3 is 0 Å². The molecular formula is C10H15NO4S. The van der Waals surface area contributed by atoms with Gasteiger partial charge in [0, 0.05) is 6.61 Å². The molecule has 0 unspecified atom stereocenters. The van der Waals surface area contributed by atoms with Crippen molar-refractivity contribution in [3.63, 3.8) is 0 Å². The lowest BCUT2D eigenvalue weighted by molar-refractivity contribution is 0.299. The first-order valence-electron chi connectivity index (χ1n) is 4.84. The number of hydrogen-bond donors (Lipinski definition) is 3. The first-order valence-corrected chi connectivity index (χ1v) is 6.50. The molecule has 0 aliphatic carbocycles. The summed E-state index contributed by atoms with van der Waals surface area (Å²) in [6, 6.07) is 4.65. The highest BCUT2D eigenvalue weighted by atomic mass is 32.2. The number of anilines is 1. The third-order valence-electron chi connectivity index (χ3n) is 2.23. The number of nitrogen functional groups attached to an aromatic ring is 1.